The molecule has 174 valence electrons. The van der Waals surface area contributed by atoms with Crippen molar-refractivity contribution >= 4 is 40.6 Å². The van der Waals surface area contributed by atoms with Gasteiger partial charge in [0.15, 0.2) is 0 Å². The van der Waals surface area contributed by atoms with Crippen LogP contribution >= 0.6 is 11.8 Å². The van der Waals surface area contributed by atoms with Crippen molar-refractivity contribution in [3.05, 3.63) is 82.0 Å². The van der Waals surface area contributed by atoms with Crippen LogP contribution in [0.1, 0.15) is 22.5 Å². The molecule has 0 bridgehead atoms. The molecule has 0 aliphatic carbocycles. The summed E-state index contributed by atoms with van der Waals surface area (Å²) in [4.78, 5) is 39.2. The number of benzene rings is 2. The van der Waals surface area contributed by atoms with Gasteiger partial charge in [0.05, 0.1) is 12.0 Å². The average molecular weight is 476 g/mol. The van der Waals surface area contributed by atoms with Crippen molar-refractivity contribution < 1.29 is 19.1 Å². The molecule has 3 amide bonds. The van der Waals surface area contributed by atoms with E-state index in [1.165, 1.54) is 0 Å². The molecule has 34 heavy (non-hydrogen) atoms. The number of methoxy groups -OCH3 is 1. The predicted octanol–water partition coefficient (Wildman–Crippen LogP) is 5.09. The van der Waals surface area contributed by atoms with Gasteiger partial charge in [0.2, 0.25) is 5.91 Å². The molecule has 0 saturated carbocycles. The first-order valence-electron chi connectivity index (χ1n) is 10.7. The number of thioether (sulfide) groups is 1. The van der Waals surface area contributed by atoms with Crippen LogP contribution in [0.5, 0.6) is 5.75 Å². The van der Waals surface area contributed by atoms with Crippen molar-refractivity contribution in [2.75, 3.05) is 19.0 Å². The lowest BCUT2D eigenvalue weighted by atomic mass is 10.2. The Morgan fingerprint density at radius 1 is 1.06 bits per heavy atom. The number of nitrogens with zero attached hydrogens (tertiary/aromatic N) is 2. The van der Waals surface area contributed by atoms with E-state index < -0.39 is 17.1 Å². The summed E-state index contributed by atoms with van der Waals surface area (Å²) in [5.41, 5.74) is 5.29. The minimum atomic E-state index is -0.468. The lowest BCUT2D eigenvalue weighted by molar-refractivity contribution is -0.127. The van der Waals surface area contributed by atoms with Crippen molar-refractivity contribution in [2.45, 2.75) is 20.8 Å². The highest BCUT2D eigenvalue weighted by Gasteiger charge is 2.36. The van der Waals surface area contributed by atoms with E-state index >= 15 is 0 Å². The molecule has 0 atom stereocenters. The van der Waals surface area contributed by atoms with Crippen LogP contribution in [0.25, 0.3) is 11.8 Å². The summed E-state index contributed by atoms with van der Waals surface area (Å²) < 4.78 is 7.31. The van der Waals surface area contributed by atoms with Gasteiger partial charge in [-0.25, -0.2) is 0 Å². The highest BCUT2D eigenvalue weighted by molar-refractivity contribution is 8.18. The first-order chi connectivity index (χ1) is 16.3. The van der Waals surface area contributed by atoms with Crippen LogP contribution in [-0.2, 0) is 9.59 Å². The van der Waals surface area contributed by atoms with Gasteiger partial charge >= 0.3 is 0 Å². The molecular formula is C26H25N3O4S. The van der Waals surface area contributed by atoms with Gasteiger partial charge in [-0.2, -0.15) is 0 Å². The van der Waals surface area contributed by atoms with E-state index in [2.05, 4.69) is 9.88 Å². The number of anilines is 1. The molecule has 7 nitrogen and oxygen atoms in total. The Hall–Kier alpha value is -3.78. The predicted molar refractivity (Wildman–Crippen MR) is 134 cm³/mol. The van der Waals surface area contributed by atoms with Gasteiger partial charge in [-0.3, -0.25) is 19.3 Å². The number of rotatable bonds is 6. The molecule has 1 saturated heterocycles. The third-order valence-corrected chi connectivity index (χ3v) is 6.59. The Bertz CT molecular complexity index is 1310. The zero-order chi connectivity index (χ0) is 24.4. The Kier molecular flexibility index (Phi) is 6.61. The fourth-order valence-corrected chi connectivity index (χ4v) is 4.72. The second-order valence-corrected chi connectivity index (χ2v) is 8.98. The van der Waals surface area contributed by atoms with Crippen molar-refractivity contribution in [3.63, 3.8) is 0 Å². The standard InChI is InChI=1S/C26H25N3O4S/c1-16-7-5-6-8-22(16)27-24(30)15-28-25(31)23(34-26(28)32)14-19-13-17(2)29(18(19)3)20-9-11-21(33-4)12-10-20/h5-14H,15H2,1-4H3,(H,27,30)/b23-14-. The van der Waals surface area contributed by atoms with Gasteiger partial charge in [-0.1, -0.05) is 18.2 Å². The van der Waals surface area contributed by atoms with E-state index in [9.17, 15) is 14.4 Å². The number of aromatic nitrogens is 1. The van der Waals surface area contributed by atoms with Gasteiger partial charge in [0.1, 0.15) is 12.3 Å². The fraction of sp³-hybridized carbons (Fsp3) is 0.192. The number of ether oxygens (including phenoxy) is 1. The Labute approximate surface area is 202 Å². The highest BCUT2D eigenvalue weighted by Crippen LogP contribution is 2.34. The van der Waals surface area contributed by atoms with Gasteiger partial charge in [0.25, 0.3) is 11.1 Å². The first kappa shape index (κ1) is 23.4. The summed E-state index contributed by atoms with van der Waals surface area (Å²) in [6.07, 6.45) is 1.71. The Morgan fingerprint density at radius 2 is 1.76 bits per heavy atom. The second-order valence-electron chi connectivity index (χ2n) is 7.99. The average Bonchev–Trinajstić information content (AvgIpc) is 3.24. The zero-order valence-electron chi connectivity index (χ0n) is 19.4. The van der Waals surface area contributed by atoms with E-state index in [4.69, 9.17) is 4.74 Å². The van der Waals surface area contributed by atoms with E-state index in [0.717, 1.165) is 50.6 Å². The van der Waals surface area contributed by atoms with Crippen molar-refractivity contribution in [2.24, 2.45) is 0 Å². The van der Waals surface area contributed by atoms with Crippen LogP contribution in [0.2, 0.25) is 0 Å². The molecule has 0 unspecified atom stereocenters. The molecule has 0 radical (unpaired) electrons. The number of para-hydroxylation sites is 1. The summed E-state index contributed by atoms with van der Waals surface area (Å²) in [5, 5.41) is 2.30. The third kappa shape index (κ3) is 4.63. The number of amides is 3. The van der Waals surface area contributed by atoms with E-state index in [0.29, 0.717) is 10.6 Å². The van der Waals surface area contributed by atoms with Crippen LogP contribution in [0.15, 0.2) is 59.5 Å². The van der Waals surface area contributed by atoms with Crippen molar-refractivity contribution in [1.82, 2.24) is 9.47 Å². The molecule has 1 fully saturated rings. The Morgan fingerprint density at radius 3 is 2.44 bits per heavy atom. The fourth-order valence-electron chi connectivity index (χ4n) is 3.89. The summed E-state index contributed by atoms with van der Waals surface area (Å²) in [6, 6.07) is 17.0. The highest BCUT2D eigenvalue weighted by atomic mass is 32.2. The van der Waals surface area contributed by atoms with Crippen LogP contribution < -0.4 is 10.1 Å². The number of hydrogen-bond acceptors (Lipinski definition) is 5. The summed E-state index contributed by atoms with van der Waals surface area (Å²) in [5.74, 6) is -0.119. The molecule has 4 rings (SSSR count). The lowest BCUT2D eigenvalue weighted by Gasteiger charge is -2.13. The van der Waals surface area contributed by atoms with E-state index in [1.54, 1.807) is 19.3 Å². The monoisotopic (exact) mass is 475 g/mol. The topological polar surface area (TPSA) is 80.6 Å². The number of aryl methyl sites for hydroxylation is 2. The molecule has 1 aliphatic rings. The molecule has 1 aliphatic heterocycles. The number of carbonyl (C=O) groups excluding carboxylic acids is 3. The van der Waals surface area contributed by atoms with Crippen LogP contribution in [-0.4, -0.2) is 40.2 Å². The summed E-state index contributed by atoms with van der Waals surface area (Å²) in [6.45, 7) is 5.49. The van der Waals surface area contributed by atoms with Gasteiger partial charge in [-0.05, 0) is 86.1 Å². The van der Waals surface area contributed by atoms with Gasteiger partial charge in [-0.15, -0.1) is 0 Å². The van der Waals surface area contributed by atoms with Crippen molar-refractivity contribution in [1.29, 1.82) is 0 Å². The first-order valence-corrected chi connectivity index (χ1v) is 11.5. The maximum absolute atomic E-state index is 12.9. The molecule has 0 spiro atoms. The smallest absolute Gasteiger partial charge is 0.294 e. The number of imide groups is 1. The molecule has 1 N–H and O–H groups in total. The minimum absolute atomic E-state index is 0.295. The molecular weight excluding hydrogens is 450 g/mol. The SMILES string of the molecule is COc1ccc(-n2c(C)cc(/C=C3\SC(=O)N(CC(=O)Nc4ccccc4C)C3=O)c2C)cc1. The van der Waals surface area contributed by atoms with Crippen molar-refractivity contribution in [3.8, 4) is 11.4 Å². The molecule has 3 aromatic rings. The molecule has 1 aromatic heterocycles. The third-order valence-electron chi connectivity index (χ3n) is 5.68. The number of carbonyl (C=O) groups is 3. The number of nitrogens with one attached hydrogen (secondary N) is 1. The zero-order valence-corrected chi connectivity index (χ0v) is 20.2. The maximum atomic E-state index is 12.9. The molecule has 2 heterocycles. The van der Waals surface area contributed by atoms with E-state index in [1.807, 2.05) is 69.3 Å². The maximum Gasteiger partial charge on any atom is 0.294 e. The van der Waals surface area contributed by atoms with Crippen LogP contribution in [0.3, 0.4) is 0 Å². The normalized spacial score (nSPS) is 14.7. The quantitative estimate of drug-likeness (QED) is 0.503. The summed E-state index contributed by atoms with van der Waals surface area (Å²) >= 11 is 0.845. The van der Waals surface area contributed by atoms with Gasteiger partial charge < -0.3 is 14.6 Å². The Balaban J connectivity index is 1.53. The molecule has 2 aromatic carbocycles. The van der Waals surface area contributed by atoms with Crippen LogP contribution in [0.4, 0.5) is 10.5 Å². The summed E-state index contributed by atoms with van der Waals surface area (Å²) in [7, 11) is 1.62. The van der Waals surface area contributed by atoms with E-state index in [-0.39, 0.29) is 6.54 Å². The number of hydrogen-bond donors (Lipinski definition) is 1. The minimum Gasteiger partial charge on any atom is -0.497 e. The largest absolute Gasteiger partial charge is 0.497 e. The van der Waals surface area contributed by atoms with Gasteiger partial charge in [0, 0.05) is 22.8 Å². The van der Waals surface area contributed by atoms with Crippen LogP contribution in [0, 0.1) is 20.8 Å². The lowest BCUT2D eigenvalue weighted by Crippen LogP contribution is -2.36. The second kappa shape index (κ2) is 9.61. The molecule has 8 heteroatoms.